The number of nitrogens with zero attached hydrogens (tertiary/aromatic N) is 2. The third kappa shape index (κ3) is 1.95. The molecule has 0 aliphatic rings. The van der Waals surface area contributed by atoms with Gasteiger partial charge in [-0.1, -0.05) is 0 Å². The fourth-order valence-electron chi connectivity index (χ4n) is 1.19. The van der Waals surface area contributed by atoms with E-state index in [1.807, 2.05) is 0 Å². The van der Waals surface area contributed by atoms with E-state index in [9.17, 15) is 30.1 Å². The van der Waals surface area contributed by atoms with Gasteiger partial charge in [0, 0.05) is 17.2 Å². The van der Waals surface area contributed by atoms with E-state index in [0.717, 1.165) is 6.07 Å². The van der Waals surface area contributed by atoms with Gasteiger partial charge in [-0.3, -0.25) is 20.2 Å². The first-order valence-electron chi connectivity index (χ1n) is 3.99. The minimum absolute atomic E-state index is 0.171. The van der Waals surface area contributed by atoms with Crippen molar-refractivity contribution in [2.45, 2.75) is 6.92 Å². The number of carboxylic acids is 1. The minimum Gasteiger partial charge on any atom is -0.545 e. The van der Waals surface area contributed by atoms with Gasteiger partial charge in [-0.25, -0.2) is 0 Å². The number of hydrogen-bond donors (Lipinski definition) is 0. The average molecular weight is 225 g/mol. The Morgan fingerprint density at radius 1 is 1.19 bits per heavy atom. The molecular weight excluding hydrogens is 220 g/mol. The van der Waals surface area contributed by atoms with Gasteiger partial charge in [0.1, 0.15) is 0 Å². The van der Waals surface area contributed by atoms with Crippen molar-refractivity contribution in [3.05, 3.63) is 43.5 Å². The molecule has 0 unspecified atom stereocenters. The van der Waals surface area contributed by atoms with Crippen LogP contribution < -0.4 is 5.11 Å². The van der Waals surface area contributed by atoms with Crippen LogP contribution in [0, 0.1) is 27.2 Å². The van der Waals surface area contributed by atoms with E-state index < -0.39 is 32.8 Å². The minimum atomic E-state index is -1.69. The molecule has 0 aliphatic carbocycles. The molecule has 0 aliphatic heterocycles. The first-order chi connectivity index (χ1) is 7.34. The lowest BCUT2D eigenvalue weighted by Gasteiger charge is -2.06. The molecule has 0 radical (unpaired) electrons. The summed E-state index contributed by atoms with van der Waals surface area (Å²) in [6.45, 7) is 1.19. The highest BCUT2D eigenvalue weighted by Crippen LogP contribution is 2.27. The van der Waals surface area contributed by atoms with Crippen LogP contribution in [0.3, 0.4) is 0 Å². The van der Waals surface area contributed by atoms with Crippen LogP contribution in [0.5, 0.6) is 0 Å². The molecule has 0 atom stereocenters. The molecule has 8 heteroatoms. The van der Waals surface area contributed by atoms with Crippen molar-refractivity contribution < 1.29 is 19.7 Å². The summed E-state index contributed by atoms with van der Waals surface area (Å²) in [6.07, 6.45) is 0. The van der Waals surface area contributed by atoms with E-state index in [2.05, 4.69) is 0 Å². The molecule has 0 spiro atoms. The number of hydrogen-bond acceptors (Lipinski definition) is 6. The van der Waals surface area contributed by atoms with Crippen LogP contribution in [-0.4, -0.2) is 15.8 Å². The van der Waals surface area contributed by atoms with E-state index in [1.54, 1.807) is 0 Å². The van der Waals surface area contributed by atoms with Crippen molar-refractivity contribution in [3.63, 3.8) is 0 Å². The Bertz CT molecular complexity index is 460. The molecule has 0 amide bonds. The molecule has 84 valence electrons. The summed E-state index contributed by atoms with van der Waals surface area (Å²) in [7, 11) is 0. The van der Waals surface area contributed by atoms with Gasteiger partial charge in [-0.2, -0.15) is 0 Å². The summed E-state index contributed by atoms with van der Waals surface area (Å²) in [5.74, 6) is -1.69. The zero-order valence-corrected chi connectivity index (χ0v) is 8.00. The molecule has 1 aromatic rings. The quantitative estimate of drug-likeness (QED) is 0.533. The second-order valence-corrected chi connectivity index (χ2v) is 2.94. The van der Waals surface area contributed by atoms with E-state index in [0.29, 0.717) is 6.07 Å². The van der Waals surface area contributed by atoms with Crippen molar-refractivity contribution >= 4 is 17.3 Å². The normalized spacial score (nSPS) is 9.81. The number of benzene rings is 1. The predicted molar refractivity (Wildman–Crippen MR) is 48.8 cm³/mol. The van der Waals surface area contributed by atoms with Crippen LogP contribution in [-0.2, 0) is 0 Å². The van der Waals surface area contributed by atoms with Crippen LogP contribution >= 0.6 is 0 Å². The molecule has 8 nitrogen and oxygen atoms in total. The first-order valence-corrected chi connectivity index (χ1v) is 3.99. The molecule has 0 fully saturated rings. The van der Waals surface area contributed by atoms with E-state index in [4.69, 9.17) is 0 Å². The van der Waals surface area contributed by atoms with Gasteiger partial charge in [-0.05, 0) is 6.92 Å². The van der Waals surface area contributed by atoms with Gasteiger partial charge in [0.05, 0.1) is 21.9 Å². The molecule has 0 saturated carbocycles. The largest absolute Gasteiger partial charge is 0.545 e. The summed E-state index contributed by atoms with van der Waals surface area (Å²) in [6, 6.07) is 1.44. The van der Waals surface area contributed by atoms with Crippen LogP contribution in [0.1, 0.15) is 15.9 Å². The summed E-state index contributed by atoms with van der Waals surface area (Å²) in [5.41, 5.74) is -2.00. The molecule has 1 aromatic carbocycles. The Morgan fingerprint density at radius 2 is 1.75 bits per heavy atom. The van der Waals surface area contributed by atoms with Crippen molar-refractivity contribution in [2.75, 3.05) is 0 Å². The van der Waals surface area contributed by atoms with Crippen molar-refractivity contribution in [1.82, 2.24) is 0 Å². The van der Waals surface area contributed by atoms with Gasteiger partial charge in [-0.15, -0.1) is 0 Å². The Labute approximate surface area is 88.4 Å². The zero-order chi connectivity index (χ0) is 12.5. The Hall–Kier alpha value is -2.51. The standard InChI is InChI=1S/C8H6N2O6/c1-4-6(8(11)12)2-5(9(13)14)3-7(4)10(15)16/h2-3H,1H3,(H,11,12)/p-1. The molecule has 0 bridgehead atoms. The molecule has 0 heterocycles. The van der Waals surface area contributed by atoms with Crippen LogP contribution in [0.4, 0.5) is 11.4 Å². The topological polar surface area (TPSA) is 126 Å². The van der Waals surface area contributed by atoms with Crippen LogP contribution in [0.2, 0.25) is 0 Å². The second kappa shape index (κ2) is 3.93. The fourth-order valence-corrected chi connectivity index (χ4v) is 1.19. The van der Waals surface area contributed by atoms with Crippen molar-refractivity contribution in [1.29, 1.82) is 0 Å². The lowest BCUT2D eigenvalue weighted by Crippen LogP contribution is -2.23. The number of carbonyl (C=O) groups excluding carboxylic acids is 1. The molecule has 0 saturated heterocycles. The van der Waals surface area contributed by atoms with Crippen molar-refractivity contribution in [2.24, 2.45) is 0 Å². The summed E-state index contributed by atoms with van der Waals surface area (Å²) >= 11 is 0. The number of aromatic carboxylic acids is 1. The number of nitro groups is 2. The highest BCUT2D eigenvalue weighted by atomic mass is 16.6. The lowest BCUT2D eigenvalue weighted by atomic mass is 10.1. The fraction of sp³-hybridized carbons (Fsp3) is 0.125. The summed E-state index contributed by atoms with van der Waals surface area (Å²) in [4.78, 5) is 29.8. The highest BCUT2D eigenvalue weighted by Gasteiger charge is 2.21. The number of carbonyl (C=O) groups is 1. The molecule has 16 heavy (non-hydrogen) atoms. The molecule has 1 rings (SSSR count). The van der Waals surface area contributed by atoms with E-state index >= 15 is 0 Å². The number of carboxylic acid groups (broad SMARTS) is 1. The van der Waals surface area contributed by atoms with E-state index in [-0.39, 0.29) is 5.56 Å². The smallest absolute Gasteiger partial charge is 0.279 e. The van der Waals surface area contributed by atoms with Gasteiger partial charge in [0.2, 0.25) is 0 Å². The number of rotatable bonds is 3. The molecule has 0 N–H and O–H groups in total. The van der Waals surface area contributed by atoms with Gasteiger partial charge >= 0.3 is 0 Å². The Morgan fingerprint density at radius 3 is 2.12 bits per heavy atom. The SMILES string of the molecule is Cc1c(C(=O)[O-])cc([N+](=O)[O-])cc1[N+](=O)[O-]. The summed E-state index contributed by atoms with van der Waals surface area (Å²) in [5, 5.41) is 31.6. The maximum atomic E-state index is 10.6. The Balaban J connectivity index is 3.57. The summed E-state index contributed by atoms with van der Waals surface area (Å²) < 4.78 is 0. The van der Waals surface area contributed by atoms with Crippen LogP contribution in [0.25, 0.3) is 0 Å². The van der Waals surface area contributed by atoms with Crippen molar-refractivity contribution in [3.8, 4) is 0 Å². The Kier molecular flexibility index (Phi) is 2.84. The number of non-ortho nitro benzene ring substituents is 1. The number of nitro benzene ring substituents is 2. The van der Waals surface area contributed by atoms with Gasteiger partial charge in [0.25, 0.3) is 11.4 Å². The van der Waals surface area contributed by atoms with Gasteiger partial charge < -0.3 is 9.90 Å². The lowest BCUT2D eigenvalue weighted by molar-refractivity contribution is -0.394. The second-order valence-electron chi connectivity index (χ2n) is 2.94. The highest BCUT2D eigenvalue weighted by molar-refractivity contribution is 5.90. The molecule has 0 aromatic heterocycles. The third-order valence-corrected chi connectivity index (χ3v) is 1.99. The first kappa shape index (κ1) is 11.6. The zero-order valence-electron chi connectivity index (χ0n) is 8.00. The van der Waals surface area contributed by atoms with E-state index in [1.165, 1.54) is 6.92 Å². The third-order valence-electron chi connectivity index (χ3n) is 1.99. The monoisotopic (exact) mass is 225 g/mol. The molecular formula is C8H5N2O6-. The average Bonchev–Trinajstić information content (AvgIpc) is 2.16. The maximum Gasteiger partial charge on any atom is 0.279 e. The van der Waals surface area contributed by atoms with Gasteiger partial charge in [0.15, 0.2) is 0 Å². The maximum absolute atomic E-state index is 10.6. The predicted octanol–water partition coefficient (Wildman–Crippen LogP) is 0.175. The van der Waals surface area contributed by atoms with Crippen LogP contribution in [0.15, 0.2) is 12.1 Å².